The van der Waals surface area contributed by atoms with Gasteiger partial charge in [0.05, 0.1) is 5.69 Å². The van der Waals surface area contributed by atoms with Gasteiger partial charge >= 0.3 is 0 Å². The Morgan fingerprint density at radius 3 is 2.68 bits per heavy atom. The van der Waals surface area contributed by atoms with E-state index in [4.69, 9.17) is 0 Å². The van der Waals surface area contributed by atoms with Crippen LogP contribution >= 0.6 is 11.3 Å². The van der Waals surface area contributed by atoms with E-state index in [1.54, 1.807) is 25.3 Å². The summed E-state index contributed by atoms with van der Waals surface area (Å²) in [5.41, 5.74) is 1.90. The van der Waals surface area contributed by atoms with Crippen molar-refractivity contribution in [2.45, 2.75) is 20.8 Å². The van der Waals surface area contributed by atoms with Gasteiger partial charge in [-0.3, -0.25) is 14.0 Å². The van der Waals surface area contributed by atoms with Crippen LogP contribution in [0.5, 0.6) is 0 Å². The van der Waals surface area contributed by atoms with E-state index in [1.165, 1.54) is 15.7 Å². The van der Waals surface area contributed by atoms with Crippen LogP contribution in [0.1, 0.15) is 26.5 Å². The molecule has 0 aliphatic heterocycles. The lowest BCUT2D eigenvalue weighted by Gasteiger charge is -2.09. The maximum atomic E-state index is 12.5. The number of anilines is 1. The standard InChI is InChI=1S/C16H15N3O2S/c1-9-6-4-5-7-12(9)14(20)18-13-11(3)17-16-19(15(13)21)8-10(2)22-16/h4-8H,1-3H3,(H,18,20). The first-order chi connectivity index (χ1) is 10.5. The number of nitrogens with one attached hydrogen (secondary N) is 1. The number of carbonyl (C=O) groups excluding carboxylic acids is 1. The van der Waals surface area contributed by atoms with Crippen molar-refractivity contribution in [3.8, 4) is 0 Å². The summed E-state index contributed by atoms with van der Waals surface area (Å²) in [5, 5.41) is 2.71. The minimum atomic E-state index is -0.299. The van der Waals surface area contributed by atoms with Crippen molar-refractivity contribution in [1.82, 2.24) is 9.38 Å². The van der Waals surface area contributed by atoms with E-state index in [9.17, 15) is 9.59 Å². The Balaban J connectivity index is 2.06. The van der Waals surface area contributed by atoms with Gasteiger partial charge in [0.15, 0.2) is 4.96 Å². The zero-order chi connectivity index (χ0) is 15.9. The molecule has 0 aliphatic rings. The highest BCUT2D eigenvalue weighted by molar-refractivity contribution is 7.16. The number of thiazole rings is 1. The summed E-state index contributed by atoms with van der Waals surface area (Å²) >= 11 is 1.45. The first-order valence-electron chi connectivity index (χ1n) is 6.84. The van der Waals surface area contributed by atoms with E-state index in [0.29, 0.717) is 16.2 Å². The van der Waals surface area contributed by atoms with Crippen molar-refractivity contribution in [3.05, 3.63) is 62.5 Å². The number of aromatic nitrogens is 2. The van der Waals surface area contributed by atoms with Gasteiger partial charge in [-0.25, -0.2) is 4.98 Å². The lowest BCUT2D eigenvalue weighted by molar-refractivity contribution is 0.102. The van der Waals surface area contributed by atoms with Gasteiger partial charge < -0.3 is 5.32 Å². The van der Waals surface area contributed by atoms with Gasteiger partial charge in [-0.15, -0.1) is 11.3 Å². The molecule has 0 aliphatic carbocycles. The Bertz CT molecular complexity index is 940. The molecule has 6 heteroatoms. The van der Waals surface area contributed by atoms with Gasteiger partial charge in [-0.05, 0) is 32.4 Å². The van der Waals surface area contributed by atoms with Crippen LogP contribution in [0.25, 0.3) is 4.96 Å². The third-order valence-corrected chi connectivity index (χ3v) is 4.35. The fourth-order valence-electron chi connectivity index (χ4n) is 2.31. The molecule has 2 heterocycles. The van der Waals surface area contributed by atoms with Gasteiger partial charge in [0.1, 0.15) is 5.69 Å². The second-order valence-electron chi connectivity index (χ2n) is 5.14. The minimum absolute atomic E-state index is 0.226. The fourth-order valence-corrected chi connectivity index (χ4v) is 3.17. The number of rotatable bonds is 2. The Morgan fingerprint density at radius 2 is 1.95 bits per heavy atom. The van der Waals surface area contributed by atoms with Crippen molar-refractivity contribution >= 4 is 27.9 Å². The van der Waals surface area contributed by atoms with Crippen LogP contribution in [-0.4, -0.2) is 15.3 Å². The first-order valence-corrected chi connectivity index (χ1v) is 7.65. The zero-order valence-corrected chi connectivity index (χ0v) is 13.3. The minimum Gasteiger partial charge on any atom is -0.316 e. The Morgan fingerprint density at radius 1 is 1.23 bits per heavy atom. The van der Waals surface area contributed by atoms with E-state index in [0.717, 1.165) is 10.4 Å². The second-order valence-corrected chi connectivity index (χ2v) is 6.35. The highest BCUT2D eigenvalue weighted by atomic mass is 32.1. The molecule has 0 saturated carbocycles. The zero-order valence-electron chi connectivity index (χ0n) is 12.5. The molecular formula is C16H15N3O2S. The largest absolute Gasteiger partial charge is 0.316 e. The molecule has 0 unspecified atom stereocenters. The molecule has 5 nitrogen and oxygen atoms in total. The van der Waals surface area contributed by atoms with Gasteiger partial charge in [0, 0.05) is 16.6 Å². The molecule has 0 fully saturated rings. The van der Waals surface area contributed by atoms with Crippen LogP contribution < -0.4 is 10.9 Å². The van der Waals surface area contributed by atoms with Crippen LogP contribution in [0.4, 0.5) is 5.69 Å². The van der Waals surface area contributed by atoms with E-state index >= 15 is 0 Å². The number of aryl methyl sites for hydroxylation is 3. The number of amides is 1. The second kappa shape index (κ2) is 5.38. The lowest BCUT2D eigenvalue weighted by Crippen LogP contribution is -2.24. The fraction of sp³-hybridized carbons (Fsp3) is 0.188. The number of carbonyl (C=O) groups is 1. The summed E-state index contributed by atoms with van der Waals surface area (Å²) in [7, 11) is 0. The monoisotopic (exact) mass is 313 g/mol. The van der Waals surface area contributed by atoms with Crippen LogP contribution in [0.2, 0.25) is 0 Å². The smallest absolute Gasteiger partial charge is 0.282 e. The summed E-state index contributed by atoms with van der Waals surface area (Å²) in [4.78, 5) is 30.9. The summed E-state index contributed by atoms with van der Waals surface area (Å²) in [6, 6.07) is 7.26. The van der Waals surface area contributed by atoms with E-state index < -0.39 is 0 Å². The molecule has 0 bridgehead atoms. The van der Waals surface area contributed by atoms with Gasteiger partial charge in [0.2, 0.25) is 0 Å². The Labute approximate surface area is 131 Å². The molecule has 0 spiro atoms. The van der Waals surface area contributed by atoms with Gasteiger partial charge in [-0.1, -0.05) is 18.2 Å². The maximum absolute atomic E-state index is 12.5. The molecule has 0 radical (unpaired) electrons. The van der Waals surface area contributed by atoms with Crippen molar-refractivity contribution in [2.24, 2.45) is 0 Å². The van der Waals surface area contributed by atoms with E-state index in [2.05, 4.69) is 10.3 Å². The van der Waals surface area contributed by atoms with Crippen molar-refractivity contribution in [1.29, 1.82) is 0 Å². The predicted molar refractivity (Wildman–Crippen MR) is 87.9 cm³/mol. The number of benzene rings is 1. The molecule has 3 aromatic rings. The molecular weight excluding hydrogens is 298 g/mol. The third-order valence-electron chi connectivity index (χ3n) is 3.46. The van der Waals surface area contributed by atoms with Crippen LogP contribution in [0, 0.1) is 20.8 Å². The third kappa shape index (κ3) is 2.42. The average Bonchev–Trinajstić information content (AvgIpc) is 2.84. The highest BCUT2D eigenvalue weighted by Crippen LogP contribution is 2.17. The molecule has 1 aromatic carbocycles. The van der Waals surface area contributed by atoms with Crippen LogP contribution in [-0.2, 0) is 0 Å². The van der Waals surface area contributed by atoms with Crippen LogP contribution in [0.3, 0.4) is 0 Å². The van der Waals surface area contributed by atoms with Crippen molar-refractivity contribution in [3.63, 3.8) is 0 Å². The molecule has 22 heavy (non-hydrogen) atoms. The molecule has 0 saturated heterocycles. The molecule has 1 amide bonds. The van der Waals surface area contributed by atoms with Crippen molar-refractivity contribution in [2.75, 3.05) is 5.32 Å². The normalized spacial score (nSPS) is 10.9. The maximum Gasteiger partial charge on any atom is 0.282 e. The SMILES string of the molecule is Cc1cn2c(=O)c(NC(=O)c3ccccc3C)c(C)nc2s1. The van der Waals surface area contributed by atoms with E-state index in [1.807, 2.05) is 26.0 Å². The average molecular weight is 313 g/mol. The first kappa shape index (κ1) is 14.5. The Kier molecular flexibility index (Phi) is 3.54. The topological polar surface area (TPSA) is 63.5 Å². The molecule has 0 atom stereocenters. The summed E-state index contributed by atoms with van der Waals surface area (Å²) in [5.74, 6) is -0.299. The summed E-state index contributed by atoms with van der Waals surface area (Å²) < 4.78 is 1.47. The number of nitrogens with zero attached hydrogens (tertiary/aromatic N) is 2. The summed E-state index contributed by atoms with van der Waals surface area (Å²) in [6.45, 7) is 5.50. The van der Waals surface area contributed by atoms with Crippen LogP contribution in [0.15, 0.2) is 35.3 Å². The van der Waals surface area contributed by atoms with Crippen molar-refractivity contribution < 1.29 is 4.79 Å². The molecule has 2 aromatic heterocycles. The molecule has 112 valence electrons. The lowest BCUT2D eigenvalue weighted by atomic mass is 10.1. The Hall–Kier alpha value is -2.47. The number of hydrogen-bond donors (Lipinski definition) is 1. The molecule has 3 rings (SSSR count). The van der Waals surface area contributed by atoms with Gasteiger partial charge in [-0.2, -0.15) is 0 Å². The molecule has 1 N–H and O–H groups in total. The predicted octanol–water partition coefficient (Wildman–Crippen LogP) is 2.93. The quantitative estimate of drug-likeness (QED) is 0.791. The number of fused-ring (bicyclic) bond motifs is 1. The summed E-state index contributed by atoms with van der Waals surface area (Å²) in [6.07, 6.45) is 1.73. The number of hydrogen-bond acceptors (Lipinski definition) is 4. The highest BCUT2D eigenvalue weighted by Gasteiger charge is 2.16. The van der Waals surface area contributed by atoms with Gasteiger partial charge in [0.25, 0.3) is 11.5 Å². The van der Waals surface area contributed by atoms with E-state index in [-0.39, 0.29) is 17.2 Å².